The van der Waals surface area contributed by atoms with Crippen molar-refractivity contribution in [1.29, 1.82) is 0 Å². The molecule has 2 rings (SSSR count). The minimum atomic E-state index is -1.03. The van der Waals surface area contributed by atoms with E-state index in [1.807, 2.05) is 6.92 Å². The fourth-order valence-electron chi connectivity index (χ4n) is 3.66. The van der Waals surface area contributed by atoms with Crippen LogP contribution in [0.4, 0.5) is 0 Å². The third-order valence-electron chi connectivity index (χ3n) is 5.06. The van der Waals surface area contributed by atoms with Gasteiger partial charge in [-0.05, 0) is 44.4 Å². The maximum atomic E-state index is 10.7. The Morgan fingerprint density at radius 1 is 1.33 bits per heavy atom. The zero-order chi connectivity index (χ0) is 13.6. The number of allylic oxidation sites excluding steroid dienone is 1. The Kier molecular flexibility index (Phi) is 3.60. The first-order valence-electron chi connectivity index (χ1n) is 7.06. The molecule has 0 bridgehead atoms. The summed E-state index contributed by atoms with van der Waals surface area (Å²) in [6.45, 7) is 5.94. The van der Waals surface area contributed by atoms with Gasteiger partial charge in [0.15, 0.2) is 0 Å². The van der Waals surface area contributed by atoms with E-state index in [2.05, 4.69) is 19.9 Å². The normalized spacial score (nSPS) is 44.7. The van der Waals surface area contributed by atoms with E-state index in [0.29, 0.717) is 18.8 Å². The molecule has 3 heteroatoms. The first kappa shape index (κ1) is 14.0. The second-order valence-corrected chi connectivity index (χ2v) is 6.69. The molecule has 0 spiro atoms. The maximum Gasteiger partial charge on any atom is 0.0915 e. The molecule has 18 heavy (non-hydrogen) atoms. The van der Waals surface area contributed by atoms with Crippen LogP contribution in [-0.4, -0.2) is 33.1 Å². The lowest BCUT2D eigenvalue weighted by molar-refractivity contribution is -0.0858. The van der Waals surface area contributed by atoms with Gasteiger partial charge in [0.2, 0.25) is 0 Å². The summed E-state index contributed by atoms with van der Waals surface area (Å²) in [5, 5.41) is 30.7. The van der Waals surface area contributed by atoms with E-state index < -0.39 is 11.2 Å². The van der Waals surface area contributed by atoms with Crippen LogP contribution < -0.4 is 0 Å². The molecule has 1 saturated carbocycles. The molecule has 0 aromatic rings. The molecule has 2 unspecified atom stereocenters. The number of hydrogen-bond donors (Lipinski definition) is 3. The third-order valence-corrected chi connectivity index (χ3v) is 5.06. The Labute approximate surface area is 110 Å². The van der Waals surface area contributed by atoms with Gasteiger partial charge in [-0.3, -0.25) is 0 Å². The molecule has 0 aromatic heterocycles. The average Bonchev–Trinajstić information content (AvgIpc) is 2.50. The molecular formula is C15H26O3. The molecule has 2 aliphatic rings. The molecule has 0 saturated heterocycles. The molecule has 0 aromatic carbocycles. The molecule has 0 heterocycles. The lowest BCUT2D eigenvalue weighted by atomic mass is 9.77. The number of fused-ring (bicyclic) bond motifs is 1. The molecule has 104 valence electrons. The SMILES string of the molecule is CC(C)C1=CC2C(CC[C@@]2(C)O)[C@@](O)(CO)CC1. The van der Waals surface area contributed by atoms with E-state index in [9.17, 15) is 15.3 Å². The molecule has 0 radical (unpaired) electrons. The van der Waals surface area contributed by atoms with Crippen LogP contribution in [0, 0.1) is 17.8 Å². The fourth-order valence-corrected chi connectivity index (χ4v) is 3.66. The highest BCUT2D eigenvalue weighted by Gasteiger charge is 2.52. The van der Waals surface area contributed by atoms with Gasteiger partial charge in [-0.1, -0.05) is 25.5 Å². The predicted molar refractivity (Wildman–Crippen MR) is 71.0 cm³/mol. The second-order valence-electron chi connectivity index (χ2n) is 6.69. The molecule has 4 atom stereocenters. The second kappa shape index (κ2) is 4.62. The van der Waals surface area contributed by atoms with Crippen molar-refractivity contribution in [3.8, 4) is 0 Å². The van der Waals surface area contributed by atoms with Crippen LogP contribution in [0.15, 0.2) is 11.6 Å². The van der Waals surface area contributed by atoms with Crippen molar-refractivity contribution in [1.82, 2.24) is 0 Å². The molecule has 1 fully saturated rings. The quantitative estimate of drug-likeness (QED) is 0.659. The molecule has 3 N–H and O–H groups in total. The highest BCUT2D eigenvalue weighted by molar-refractivity contribution is 5.19. The summed E-state index contributed by atoms with van der Waals surface area (Å²) in [4.78, 5) is 0. The maximum absolute atomic E-state index is 10.7. The number of aliphatic hydroxyl groups is 3. The van der Waals surface area contributed by atoms with Crippen molar-refractivity contribution in [2.45, 2.75) is 57.7 Å². The Morgan fingerprint density at radius 3 is 2.56 bits per heavy atom. The van der Waals surface area contributed by atoms with E-state index in [-0.39, 0.29) is 18.4 Å². The summed E-state index contributed by atoms with van der Waals surface area (Å²) in [5.41, 5.74) is -0.479. The molecule has 0 amide bonds. The van der Waals surface area contributed by atoms with Crippen LogP contribution in [0.2, 0.25) is 0 Å². The van der Waals surface area contributed by atoms with Crippen LogP contribution in [0.25, 0.3) is 0 Å². The standard InChI is InChI=1S/C15H26O3/c1-10(2)11-4-7-15(18,9-16)12-5-6-14(3,17)13(12)8-11/h8,10,12-13,16-18H,4-7,9H2,1-3H3/t12?,13?,14-,15+/m1/s1. The van der Waals surface area contributed by atoms with Crippen LogP contribution in [0.5, 0.6) is 0 Å². The molecule has 0 aliphatic heterocycles. The van der Waals surface area contributed by atoms with Crippen molar-refractivity contribution >= 4 is 0 Å². The van der Waals surface area contributed by atoms with E-state index in [0.717, 1.165) is 12.8 Å². The van der Waals surface area contributed by atoms with Crippen LogP contribution in [-0.2, 0) is 0 Å². The smallest absolute Gasteiger partial charge is 0.0915 e. The van der Waals surface area contributed by atoms with Gasteiger partial charge in [0.05, 0.1) is 17.8 Å². The zero-order valence-electron chi connectivity index (χ0n) is 11.7. The Balaban J connectivity index is 2.38. The fraction of sp³-hybridized carbons (Fsp3) is 0.867. The minimum Gasteiger partial charge on any atom is -0.393 e. The van der Waals surface area contributed by atoms with Gasteiger partial charge in [-0.15, -0.1) is 0 Å². The molecular weight excluding hydrogens is 228 g/mol. The van der Waals surface area contributed by atoms with Gasteiger partial charge in [0.1, 0.15) is 0 Å². The lowest BCUT2D eigenvalue weighted by Crippen LogP contribution is -2.45. The van der Waals surface area contributed by atoms with Gasteiger partial charge in [0, 0.05) is 5.92 Å². The van der Waals surface area contributed by atoms with Crippen LogP contribution in [0.1, 0.15) is 46.5 Å². The number of aliphatic hydroxyl groups excluding tert-OH is 1. The van der Waals surface area contributed by atoms with Crippen LogP contribution in [0.3, 0.4) is 0 Å². The van der Waals surface area contributed by atoms with Crippen molar-refractivity contribution in [2.75, 3.05) is 6.61 Å². The largest absolute Gasteiger partial charge is 0.393 e. The zero-order valence-corrected chi connectivity index (χ0v) is 11.7. The van der Waals surface area contributed by atoms with Crippen LogP contribution >= 0.6 is 0 Å². The number of rotatable bonds is 2. The highest BCUT2D eigenvalue weighted by Crippen LogP contribution is 2.50. The number of hydrogen-bond acceptors (Lipinski definition) is 3. The molecule has 2 aliphatic carbocycles. The van der Waals surface area contributed by atoms with E-state index >= 15 is 0 Å². The third kappa shape index (κ3) is 2.24. The molecule has 3 nitrogen and oxygen atoms in total. The Bertz CT molecular complexity index is 346. The Hall–Kier alpha value is -0.380. The van der Waals surface area contributed by atoms with Gasteiger partial charge in [0.25, 0.3) is 0 Å². The minimum absolute atomic E-state index is 0.0197. The van der Waals surface area contributed by atoms with Gasteiger partial charge in [-0.25, -0.2) is 0 Å². The van der Waals surface area contributed by atoms with E-state index in [1.54, 1.807) is 0 Å². The first-order chi connectivity index (χ1) is 8.30. The van der Waals surface area contributed by atoms with Crippen molar-refractivity contribution < 1.29 is 15.3 Å². The lowest BCUT2D eigenvalue weighted by Gasteiger charge is -2.36. The van der Waals surface area contributed by atoms with E-state index in [4.69, 9.17) is 0 Å². The average molecular weight is 254 g/mol. The summed E-state index contributed by atoms with van der Waals surface area (Å²) >= 11 is 0. The highest BCUT2D eigenvalue weighted by atomic mass is 16.3. The summed E-state index contributed by atoms with van der Waals surface area (Å²) < 4.78 is 0. The Morgan fingerprint density at radius 2 is 2.00 bits per heavy atom. The van der Waals surface area contributed by atoms with Crippen molar-refractivity contribution in [3.05, 3.63) is 11.6 Å². The summed E-state index contributed by atoms with van der Waals surface area (Å²) in [6, 6.07) is 0. The first-order valence-corrected chi connectivity index (χ1v) is 7.06. The van der Waals surface area contributed by atoms with Gasteiger partial charge < -0.3 is 15.3 Å². The van der Waals surface area contributed by atoms with Gasteiger partial charge >= 0.3 is 0 Å². The van der Waals surface area contributed by atoms with E-state index in [1.165, 1.54) is 5.57 Å². The topological polar surface area (TPSA) is 60.7 Å². The predicted octanol–water partition coefficient (Wildman–Crippen LogP) is 1.86. The summed E-state index contributed by atoms with van der Waals surface area (Å²) in [6.07, 6.45) is 5.08. The van der Waals surface area contributed by atoms with Crippen molar-refractivity contribution in [3.63, 3.8) is 0 Å². The van der Waals surface area contributed by atoms with Gasteiger partial charge in [-0.2, -0.15) is 0 Å². The van der Waals surface area contributed by atoms with Crippen molar-refractivity contribution in [2.24, 2.45) is 17.8 Å². The monoisotopic (exact) mass is 254 g/mol. The summed E-state index contributed by atoms with van der Waals surface area (Å²) in [5.74, 6) is 0.381. The summed E-state index contributed by atoms with van der Waals surface area (Å²) in [7, 11) is 0.